The van der Waals surface area contributed by atoms with Crippen molar-refractivity contribution in [3.05, 3.63) is 77.8 Å². The largest absolute Gasteiger partial charge is 0.364 e. The molecule has 0 unspecified atom stereocenters. The summed E-state index contributed by atoms with van der Waals surface area (Å²) in [5.41, 5.74) is 2.81. The van der Waals surface area contributed by atoms with Gasteiger partial charge in [0.1, 0.15) is 29.7 Å². The highest BCUT2D eigenvalue weighted by molar-refractivity contribution is 5.59. The van der Waals surface area contributed by atoms with Crippen LogP contribution in [0.2, 0.25) is 0 Å². The first kappa shape index (κ1) is 17.5. The fraction of sp³-hybridized carbons (Fsp3) is 0.318. The van der Waals surface area contributed by atoms with Gasteiger partial charge in [-0.05, 0) is 53.9 Å². The van der Waals surface area contributed by atoms with E-state index in [1.54, 1.807) is 12.1 Å². The number of rotatable bonds is 3. The Bertz CT molecular complexity index is 984. The number of aromatic nitrogens is 2. The van der Waals surface area contributed by atoms with Gasteiger partial charge in [0.05, 0.1) is 18.4 Å². The number of imidazole rings is 1. The summed E-state index contributed by atoms with van der Waals surface area (Å²) in [5, 5.41) is 0. The third-order valence-electron chi connectivity index (χ3n) is 5.75. The molecule has 1 atom stereocenters. The van der Waals surface area contributed by atoms with Crippen LogP contribution in [-0.2, 0) is 24.4 Å². The zero-order valence-corrected chi connectivity index (χ0v) is 15.4. The van der Waals surface area contributed by atoms with Gasteiger partial charge in [-0.1, -0.05) is 12.1 Å². The summed E-state index contributed by atoms with van der Waals surface area (Å²) in [6.07, 6.45) is 2.78. The Hall–Kier alpha value is -2.57. The smallest absolute Gasteiger partial charge is 0.135 e. The van der Waals surface area contributed by atoms with E-state index in [0.717, 1.165) is 55.2 Å². The van der Waals surface area contributed by atoms with Gasteiger partial charge >= 0.3 is 0 Å². The van der Waals surface area contributed by atoms with Crippen LogP contribution in [0.5, 0.6) is 0 Å². The Morgan fingerprint density at radius 1 is 0.964 bits per heavy atom. The summed E-state index contributed by atoms with van der Waals surface area (Å²) >= 11 is 0. The van der Waals surface area contributed by atoms with E-state index in [-0.39, 0.29) is 17.2 Å². The third kappa shape index (κ3) is 3.23. The van der Waals surface area contributed by atoms with Gasteiger partial charge in [-0.25, -0.2) is 13.8 Å². The lowest BCUT2D eigenvalue weighted by Gasteiger charge is -2.35. The Kier molecular flexibility index (Phi) is 4.25. The van der Waals surface area contributed by atoms with Crippen LogP contribution in [0, 0.1) is 11.6 Å². The van der Waals surface area contributed by atoms with Gasteiger partial charge in [-0.2, -0.15) is 0 Å². The van der Waals surface area contributed by atoms with Crippen molar-refractivity contribution in [3.8, 4) is 11.3 Å². The minimum Gasteiger partial charge on any atom is -0.364 e. The van der Waals surface area contributed by atoms with Gasteiger partial charge in [-0.3, -0.25) is 4.90 Å². The van der Waals surface area contributed by atoms with Crippen molar-refractivity contribution in [1.82, 2.24) is 14.5 Å². The SMILES string of the molecule is Fc1ccc(CN2CC[C@]3(C2)Cn2c(-c4ccc(F)cc4)cnc2CO3)cc1. The van der Waals surface area contributed by atoms with Gasteiger partial charge in [0, 0.05) is 19.6 Å². The molecule has 3 heterocycles. The van der Waals surface area contributed by atoms with Crippen molar-refractivity contribution in [1.29, 1.82) is 0 Å². The van der Waals surface area contributed by atoms with E-state index in [4.69, 9.17) is 4.74 Å². The maximum absolute atomic E-state index is 13.3. The second kappa shape index (κ2) is 6.79. The lowest BCUT2D eigenvalue weighted by atomic mass is 10.0. The molecular formula is C22H21F2N3O. The molecule has 6 heteroatoms. The molecule has 144 valence electrons. The first-order valence-electron chi connectivity index (χ1n) is 9.51. The molecule has 0 saturated carbocycles. The first-order valence-corrected chi connectivity index (χ1v) is 9.51. The van der Waals surface area contributed by atoms with E-state index in [1.165, 1.54) is 24.3 Å². The summed E-state index contributed by atoms with van der Waals surface area (Å²) in [6, 6.07) is 13.2. The molecule has 0 aliphatic carbocycles. The number of fused-ring (bicyclic) bond motifs is 1. The van der Waals surface area contributed by atoms with E-state index < -0.39 is 0 Å². The first-order chi connectivity index (χ1) is 13.6. The van der Waals surface area contributed by atoms with E-state index in [2.05, 4.69) is 14.5 Å². The van der Waals surface area contributed by atoms with Crippen LogP contribution >= 0.6 is 0 Å². The molecule has 0 radical (unpaired) electrons. The maximum atomic E-state index is 13.3. The van der Waals surface area contributed by atoms with Crippen LogP contribution < -0.4 is 0 Å². The number of benzene rings is 2. The molecule has 1 fully saturated rings. The Labute approximate surface area is 162 Å². The zero-order chi connectivity index (χ0) is 19.1. The molecule has 1 spiro atoms. The summed E-state index contributed by atoms with van der Waals surface area (Å²) in [4.78, 5) is 6.85. The Morgan fingerprint density at radius 3 is 2.43 bits per heavy atom. The summed E-state index contributed by atoms with van der Waals surface area (Å²) in [7, 11) is 0. The van der Waals surface area contributed by atoms with Crippen LogP contribution in [0.3, 0.4) is 0 Å². The predicted octanol–water partition coefficient (Wildman–Crippen LogP) is 4.00. The Morgan fingerprint density at radius 2 is 1.68 bits per heavy atom. The lowest BCUT2D eigenvalue weighted by molar-refractivity contribution is -0.0821. The molecule has 2 aliphatic heterocycles. The predicted molar refractivity (Wildman–Crippen MR) is 101 cm³/mol. The topological polar surface area (TPSA) is 30.3 Å². The van der Waals surface area contributed by atoms with Gasteiger partial charge < -0.3 is 9.30 Å². The van der Waals surface area contributed by atoms with Gasteiger partial charge in [-0.15, -0.1) is 0 Å². The summed E-state index contributed by atoms with van der Waals surface area (Å²) in [5.74, 6) is 0.453. The van der Waals surface area contributed by atoms with E-state index in [1.807, 2.05) is 18.3 Å². The monoisotopic (exact) mass is 381 g/mol. The van der Waals surface area contributed by atoms with Crippen LogP contribution in [0.15, 0.2) is 54.7 Å². The number of nitrogens with zero attached hydrogens (tertiary/aromatic N) is 3. The highest BCUT2D eigenvalue weighted by Gasteiger charge is 2.43. The number of hydrogen-bond donors (Lipinski definition) is 0. The maximum Gasteiger partial charge on any atom is 0.135 e. The highest BCUT2D eigenvalue weighted by Crippen LogP contribution is 2.35. The minimum absolute atomic E-state index is 0.210. The van der Waals surface area contributed by atoms with Crippen molar-refractivity contribution in [2.75, 3.05) is 13.1 Å². The second-order valence-corrected chi connectivity index (χ2v) is 7.71. The average molecular weight is 381 g/mol. The van der Waals surface area contributed by atoms with Crippen molar-refractivity contribution in [3.63, 3.8) is 0 Å². The molecule has 0 amide bonds. The molecule has 1 aromatic heterocycles. The van der Waals surface area contributed by atoms with E-state index in [9.17, 15) is 8.78 Å². The molecule has 5 rings (SSSR count). The van der Waals surface area contributed by atoms with Crippen LogP contribution in [0.1, 0.15) is 17.8 Å². The number of hydrogen-bond acceptors (Lipinski definition) is 3. The molecule has 28 heavy (non-hydrogen) atoms. The molecule has 2 aliphatic rings. The minimum atomic E-state index is -0.248. The fourth-order valence-corrected chi connectivity index (χ4v) is 4.27. The third-order valence-corrected chi connectivity index (χ3v) is 5.75. The summed E-state index contributed by atoms with van der Waals surface area (Å²) in [6.45, 7) is 3.76. The summed E-state index contributed by atoms with van der Waals surface area (Å²) < 4.78 is 34.9. The number of halogens is 2. The highest BCUT2D eigenvalue weighted by atomic mass is 19.1. The van der Waals surface area contributed by atoms with E-state index >= 15 is 0 Å². The molecule has 4 nitrogen and oxygen atoms in total. The number of likely N-dealkylation sites (tertiary alicyclic amines) is 1. The van der Waals surface area contributed by atoms with Gasteiger partial charge in [0.15, 0.2) is 0 Å². The van der Waals surface area contributed by atoms with Crippen LogP contribution in [-0.4, -0.2) is 33.1 Å². The molecule has 1 saturated heterocycles. The van der Waals surface area contributed by atoms with Gasteiger partial charge in [0.2, 0.25) is 0 Å². The Balaban J connectivity index is 1.35. The molecular weight excluding hydrogens is 360 g/mol. The lowest BCUT2D eigenvalue weighted by Crippen LogP contribution is -2.44. The van der Waals surface area contributed by atoms with Crippen molar-refractivity contribution < 1.29 is 13.5 Å². The molecule has 2 aromatic carbocycles. The average Bonchev–Trinajstić information content (AvgIpc) is 3.29. The standard InChI is InChI=1S/C22H21F2N3O/c23-18-5-1-16(2-6-18)12-26-10-9-22(14-26)15-27-20(11-25-21(27)13-28-22)17-3-7-19(24)8-4-17/h1-8,11H,9-10,12-15H2/t22-/m0/s1. The van der Waals surface area contributed by atoms with Gasteiger partial charge in [0.25, 0.3) is 0 Å². The molecule has 0 N–H and O–H groups in total. The van der Waals surface area contributed by atoms with Crippen molar-refractivity contribution in [2.45, 2.75) is 31.7 Å². The quantitative estimate of drug-likeness (QED) is 0.687. The van der Waals surface area contributed by atoms with Crippen molar-refractivity contribution in [2.24, 2.45) is 0 Å². The van der Waals surface area contributed by atoms with Crippen LogP contribution in [0.4, 0.5) is 8.78 Å². The van der Waals surface area contributed by atoms with E-state index in [0.29, 0.717) is 6.61 Å². The molecule has 3 aromatic rings. The van der Waals surface area contributed by atoms with Crippen molar-refractivity contribution >= 4 is 0 Å². The molecule has 0 bridgehead atoms. The fourth-order valence-electron chi connectivity index (χ4n) is 4.27. The number of ether oxygens (including phenoxy) is 1. The van der Waals surface area contributed by atoms with Crippen LogP contribution in [0.25, 0.3) is 11.3 Å². The normalized spacial score (nSPS) is 21.9. The zero-order valence-electron chi connectivity index (χ0n) is 15.4. The second-order valence-electron chi connectivity index (χ2n) is 7.71.